The molecule has 0 fully saturated rings. The van der Waals surface area contributed by atoms with Crippen molar-refractivity contribution < 1.29 is 4.74 Å². The van der Waals surface area contributed by atoms with Crippen LogP contribution in [0, 0.1) is 0 Å². The van der Waals surface area contributed by atoms with E-state index in [4.69, 9.17) is 4.74 Å². The van der Waals surface area contributed by atoms with E-state index in [9.17, 15) is 4.79 Å². The standard InChI is InChI=1S/C8H11BrN2O2/c1-3-13-5(2)7-10-4-6(9)8(12)11-7/h4-5H,3H2,1-2H3,(H,10,11,12). The third kappa shape index (κ3) is 2.63. The molecule has 5 heteroatoms. The lowest BCUT2D eigenvalue weighted by Crippen LogP contribution is -2.14. The van der Waals surface area contributed by atoms with Crippen molar-refractivity contribution >= 4 is 15.9 Å². The summed E-state index contributed by atoms with van der Waals surface area (Å²) in [5.74, 6) is 0.551. The number of hydrogen-bond acceptors (Lipinski definition) is 3. The zero-order valence-corrected chi connectivity index (χ0v) is 9.09. The molecular weight excluding hydrogens is 236 g/mol. The van der Waals surface area contributed by atoms with Gasteiger partial charge in [0.25, 0.3) is 5.56 Å². The summed E-state index contributed by atoms with van der Waals surface area (Å²) < 4.78 is 5.71. The molecular formula is C8H11BrN2O2. The van der Waals surface area contributed by atoms with Gasteiger partial charge in [0.2, 0.25) is 0 Å². The molecule has 0 aromatic carbocycles. The van der Waals surface area contributed by atoms with E-state index in [0.29, 0.717) is 16.9 Å². The van der Waals surface area contributed by atoms with Gasteiger partial charge in [-0.2, -0.15) is 0 Å². The zero-order valence-electron chi connectivity index (χ0n) is 7.50. The third-order valence-electron chi connectivity index (χ3n) is 1.58. The molecule has 4 nitrogen and oxygen atoms in total. The maximum absolute atomic E-state index is 11.2. The minimum atomic E-state index is -0.184. The Bertz CT molecular complexity index is 337. The Labute approximate surface area is 84.5 Å². The molecule has 1 aromatic heterocycles. The number of ether oxygens (including phenoxy) is 1. The van der Waals surface area contributed by atoms with Crippen LogP contribution in [0.15, 0.2) is 15.5 Å². The second-order valence-electron chi connectivity index (χ2n) is 2.54. The van der Waals surface area contributed by atoms with Gasteiger partial charge < -0.3 is 9.72 Å². The fraction of sp³-hybridized carbons (Fsp3) is 0.500. The molecule has 1 rings (SSSR count). The fourth-order valence-corrected chi connectivity index (χ4v) is 1.13. The molecule has 72 valence electrons. The first-order valence-corrected chi connectivity index (χ1v) is 4.80. The summed E-state index contributed by atoms with van der Waals surface area (Å²) in [6.45, 7) is 4.34. The van der Waals surface area contributed by atoms with Crippen LogP contribution in [0.4, 0.5) is 0 Å². The van der Waals surface area contributed by atoms with Crippen molar-refractivity contribution in [2.24, 2.45) is 0 Å². The van der Waals surface area contributed by atoms with Gasteiger partial charge in [0.1, 0.15) is 16.4 Å². The summed E-state index contributed by atoms with van der Waals surface area (Å²) in [4.78, 5) is 17.8. The van der Waals surface area contributed by atoms with Crippen LogP contribution in [0.2, 0.25) is 0 Å². The Hall–Kier alpha value is -0.680. The van der Waals surface area contributed by atoms with Gasteiger partial charge in [-0.05, 0) is 29.8 Å². The first-order valence-electron chi connectivity index (χ1n) is 4.01. The molecule has 1 aromatic rings. The monoisotopic (exact) mass is 246 g/mol. The maximum atomic E-state index is 11.2. The molecule has 13 heavy (non-hydrogen) atoms. The molecule has 0 amide bonds. The van der Waals surface area contributed by atoms with Crippen molar-refractivity contribution in [3.63, 3.8) is 0 Å². The molecule has 0 spiro atoms. The van der Waals surface area contributed by atoms with Gasteiger partial charge in [-0.25, -0.2) is 4.98 Å². The van der Waals surface area contributed by atoms with Crippen LogP contribution < -0.4 is 5.56 Å². The van der Waals surface area contributed by atoms with Gasteiger partial charge >= 0.3 is 0 Å². The van der Waals surface area contributed by atoms with E-state index in [0.717, 1.165) is 0 Å². The molecule has 1 N–H and O–H groups in total. The number of H-pyrrole nitrogens is 1. The SMILES string of the molecule is CCOC(C)c1ncc(Br)c(=O)[nH]1. The summed E-state index contributed by atoms with van der Waals surface area (Å²) in [6, 6.07) is 0. The first-order chi connectivity index (χ1) is 6.15. The van der Waals surface area contributed by atoms with Crippen LogP contribution in [0.1, 0.15) is 25.8 Å². The highest BCUT2D eigenvalue weighted by Gasteiger charge is 2.07. The van der Waals surface area contributed by atoms with Gasteiger partial charge in [0.15, 0.2) is 0 Å². The van der Waals surface area contributed by atoms with E-state index in [2.05, 4.69) is 25.9 Å². The lowest BCUT2D eigenvalue weighted by Gasteiger charge is -2.09. The third-order valence-corrected chi connectivity index (χ3v) is 2.14. The Balaban J connectivity index is 2.90. The first kappa shape index (κ1) is 10.4. The zero-order chi connectivity index (χ0) is 9.84. The van der Waals surface area contributed by atoms with E-state index in [-0.39, 0.29) is 11.7 Å². The summed E-state index contributed by atoms with van der Waals surface area (Å²) in [6.07, 6.45) is 1.30. The fourth-order valence-electron chi connectivity index (χ4n) is 0.929. The van der Waals surface area contributed by atoms with E-state index in [1.54, 1.807) is 0 Å². The van der Waals surface area contributed by atoms with Crippen molar-refractivity contribution in [2.45, 2.75) is 20.0 Å². The van der Waals surface area contributed by atoms with Crippen molar-refractivity contribution in [1.82, 2.24) is 9.97 Å². The van der Waals surface area contributed by atoms with Crippen LogP contribution in [0.25, 0.3) is 0 Å². The van der Waals surface area contributed by atoms with Crippen LogP contribution in [0.3, 0.4) is 0 Å². The van der Waals surface area contributed by atoms with Gasteiger partial charge in [-0.1, -0.05) is 0 Å². The molecule has 1 unspecified atom stereocenters. The van der Waals surface area contributed by atoms with Gasteiger partial charge in [0, 0.05) is 12.8 Å². The summed E-state index contributed by atoms with van der Waals surface area (Å²) in [5.41, 5.74) is -0.184. The van der Waals surface area contributed by atoms with Gasteiger partial charge in [0.05, 0.1) is 0 Å². The second-order valence-corrected chi connectivity index (χ2v) is 3.40. The lowest BCUT2D eigenvalue weighted by molar-refractivity contribution is 0.0698. The highest BCUT2D eigenvalue weighted by atomic mass is 79.9. The molecule has 1 atom stereocenters. The van der Waals surface area contributed by atoms with Crippen LogP contribution >= 0.6 is 15.9 Å². The number of nitrogens with one attached hydrogen (secondary N) is 1. The summed E-state index contributed by atoms with van der Waals surface area (Å²) >= 11 is 3.07. The van der Waals surface area contributed by atoms with Crippen LogP contribution in [0.5, 0.6) is 0 Å². The average Bonchev–Trinajstić information content (AvgIpc) is 2.10. The minimum absolute atomic E-state index is 0.175. The molecule has 0 aliphatic heterocycles. The van der Waals surface area contributed by atoms with E-state index in [1.165, 1.54) is 6.20 Å². The Kier molecular flexibility index (Phi) is 3.62. The Morgan fingerprint density at radius 1 is 1.77 bits per heavy atom. The molecule has 0 saturated carbocycles. The van der Waals surface area contributed by atoms with Gasteiger partial charge in [-0.3, -0.25) is 4.79 Å². The quantitative estimate of drug-likeness (QED) is 0.883. The molecule has 0 bridgehead atoms. The van der Waals surface area contributed by atoms with Gasteiger partial charge in [-0.15, -0.1) is 0 Å². The maximum Gasteiger partial charge on any atom is 0.265 e. The molecule has 0 aliphatic rings. The highest BCUT2D eigenvalue weighted by molar-refractivity contribution is 9.10. The number of aromatic amines is 1. The Morgan fingerprint density at radius 3 is 3.00 bits per heavy atom. The smallest absolute Gasteiger partial charge is 0.265 e. The van der Waals surface area contributed by atoms with Crippen LogP contribution in [-0.4, -0.2) is 16.6 Å². The summed E-state index contributed by atoms with van der Waals surface area (Å²) in [7, 11) is 0. The predicted molar refractivity (Wildman–Crippen MR) is 52.6 cm³/mol. The van der Waals surface area contributed by atoms with Crippen molar-refractivity contribution in [1.29, 1.82) is 0 Å². The molecule has 1 heterocycles. The lowest BCUT2D eigenvalue weighted by atomic mass is 10.4. The number of aromatic nitrogens is 2. The minimum Gasteiger partial charge on any atom is -0.371 e. The topological polar surface area (TPSA) is 55.0 Å². The average molecular weight is 247 g/mol. The second kappa shape index (κ2) is 4.53. The molecule has 0 radical (unpaired) electrons. The Morgan fingerprint density at radius 2 is 2.46 bits per heavy atom. The van der Waals surface area contributed by atoms with E-state index < -0.39 is 0 Å². The number of rotatable bonds is 3. The molecule has 0 aliphatic carbocycles. The van der Waals surface area contributed by atoms with Crippen LogP contribution in [-0.2, 0) is 4.74 Å². The number of nitrogens with zero attached hydrogens (tertiary/aromatic N) is 1. The highest BCUT2D eigenvalue weighted by Crippen LogP contribution is 2.10. The number of halogens is 1. The number of hydrogen-bond donors (Lipinski definition) is 1. The van der Waals surface area contributed by atoms with E-state index >= 15 is 0 Å². The predicted octanol–water partition coefficient (Wildman–Crippen LogP) is 1.63. The normalized spacial score (nSPS) is 12.8. The molecule has 0 saturated heterocycles. The van der Waals surface area contributed by atoms with Crippen molar-refractivity contribution in [3.05, 3.63) is 26.8 Å². The largest absolute Gasteiger partial charge is 0.371 e. The van der Waals surface area contributed by atoms with Crippen molar-refractivity contribution in [3.8, 4) is 0 Å². The van der Waals surface area contributed by atoms with E-state index in [1.807, 2.05) is 13.8 Å². The summed E-state index contributed by atoms with van der Waals surface area (Å²) in [5, 5.41) is 0. The van der Waals surface area contributed by atoms with Crippen molar-refractivity contribution in [2.75, 3.05) is 6.61 Å².